The van der Waals surface area contributed by atoms with Gasteiger partial charge in [-0.25, -0.2) is 17.5 Å². The van der Waals surface area contributed by atoms with Crippen LogP contribution in [0.25, 0.3) is 10.3 Å². The molecule has 0 atom stereocenters. The Labute approximate surface area is 163 Å². The zero-order valence-corrected chi connectivity index (χ0v) is 16.2. The number of rotatable bonds is 6. The Kier molecular flexibility index (Phi) is 5.34. The fraction of sp³-hybridized carbons (Fsp3) is 0.167. The number of hydrogen-bond acceptors (Lipinski definition) is 8. The molecule has 8 nitrogen and oxygen atoms in total. The summed E-state index contributed by atoms with van der Waals surface area (Å²) in [5.74, 6) is -2.09. The molecule has 0 saturated heterocycles. The van der Waals surface area contributed by atoms with E-state index in [1.807, 2.05) is 0 Å². The standard InChI is InChI=1S/C18H15NO7S2/c1-2-3-16(20)19(12-6-9-14-15(10-12)27-18(23)26-14)28(24,25)13-7-4-11(5-8-13)17(21)22/h4-10H,2-3H2,1H3,(H,21,22)/p-1. The monoisotopic (exact) mass is 420 g/mol. The van der Waals surface area contributed by atoms with Crippen LogP contribution in [0.3, 0.4) is 0 Å². The van der Waals surface area contributed by atoms with Gasteiger partial charge in [-0.3, -0.25) is 4.79 Å². The van der Waals surface area contributed by atoms with Crippen LogP contribution in [0, 0.1) is 0 Å². The van der Waals surface area contributed by atoms with Crippen LogP contribution in [-0.2, 0) is 14.8 Å². The molecule has 0 radical (unpaired) electrons. The van der Waals surface area contributed by atoms with Crippen LogP contribution in [-0.4, -0.2) is 20.3 Å². The molecule has 0 N–H and O–H groups in total. The first-order valence-electron chi connectivity index (χ1n) is 8.17. The lowest BCUT2D eigenvalue weighted by atomic mass is 10.2. The number of carboxylic acids is 1. The van der Waals surface area contributed by atoms with Gasteiger partial charge < -0.3 is 14.3 Å². The molecule has 0 saturated carbocycles. The van der Waals surface area contributed by atoms with Gasteiger partial charge in [0.05, 0.1) is 21.3 Å². The first-order chi connectivity index (χ1) is 13.2. The van der Waals surface area contributed by atoms with Crippen LogP contribution in [0.2, 0.25) is 0 Å². The van der Waals surface area contributed by atoms with Crippen molar-refractivity contribution in [2.45, 2.75) is 24.7 Å². The van der Waals surface area contributed by atoms with Gasteiger partial charge in [0.1, 0.15) is 5.58 Å². The van der Waals surface area contributed by atoms with Crippen LogP contribution in [0.4, 0.5) is 5.69 Å². The topological polar surface area (TPSA) is 125 Å². The molecule has 3 aromatic rings. The Morgan fingerprint density at radius 2 is 1.82 bits per heavy atom. The maximum atomic E-state index is 13.1. The van der Waals surface area contributed by atoms with Crippen LogP contribution >= 0.6 is 11.3 Å². The molecule has 146 valence electrons. The molecular weight excluding hydrogens is 406 g/mol. The zero-order chi connectivity index (χ0) is 20.5. The number of fused-ring (bicyclic) bond motifs is 1. The Balaban J connectivity index is 2.13. The fourth-order valence-electron chi connectivity index (χ4n) is 2.59. The minimum Gasteiger partial charge on any atom is -0.545 e. The van der Waals surface area contributed by atoms with E-state index < -0.39 is 26.8 Å². The molecule has 1 heterocycles. The first kappa shape index (κ1) is 19.8. The minimum absolute atomic E-state index is 0.0178. The van der Waals surface area contributed by atoms with Crippen LogP contribution in [0.5, 0.6) is 0 Å². The van der Waals surface area contributed by atoms with Crippen molar-refractivity contribution in [1.29, 1.82) is 0 Å². The number of aromatic carboxylic acids is 1. The number of hydrogen-bond donors (Lipinski definition) is 0. The van der Waals surface area contributed by atoms with Gasteiger partial charge in [-0.15, -0.1) is 0 Å². The lowest BCUT2D eigenvalue weighted by molar-refractivity contribution is -0.255. The van der Waals surface area contributed by atoms with E-state index in [0.29, 0.717) is 15.4 Å². The smallest absolute Gasteiger partial charge is 0.396 e. The number of carbonyl (C=O) groups excluding carboxylic acids is 2. The summed E-state index contributed by atoms with van der Waals surface area (Å²) < 4.78 is 32.3. The van der Waals surface area contributed by atoms with Crippen molar-refractivity contribution in [2.24, 2.45) is 0 Å². The lowest BCUT2D eigenvalue weighted by Gasteiger charge is -2.22. The van der Waals surface area contributed by atoms with E-state index in [9.17, 15) is 27.9 Å². The summed E-state index contributed by atoms with van der Waals surface area (Å²) in [6.07, 6.45) is 0.409. The summed E-state index contributed by atoms with van der Waals surface area (Å²) in [6, 6.07) is 8.57. The van der Waals surface area contributed by atoms with Gasteiger partial charge in [-0.1, -0.05) is 30.4 Å². The molecular formula is C18H14NO7S2-. The average Bonchev–Trinajstić information content (AvgIpc) is 3.01. The molecule has 1 aromatic heterocycles. The third kappa shape index (κ3) is 3.69. The quantitative estimate of drug-likeness (QED) is 0.595. The van der Waals surface area contributed by atoms with Crippen LogP contribution in [0.15, 0.2) is 56.6 Å². The van der Waals surface area contributed by atoms with E-state index in [2.05, 4.69) is 0 Å². The lowest BCUT2D eigenvalue weighted by Crippen LogP contribution is -2.36. The summed E-state index contributed by atoms with van der Waals surface area (Å²) >= 11 is 0.793. The number of carbonyl (C=O) groups is 2. The summed E-state index contributed by atoms with van der Waals surface area (Å²) in [5.41, 5.74) is 0.166. The largest absolute Gasteiger partial charge is 0.545 e. The average molecular weight is 420 g/mol. The van der Waals surface area contributed by atoms with Crippen molar-refractivity contribution < 1.29 is 27.5 Å². The number of amides is 1. The van der Waals surface area contributed by atoms with Crippen molar-refractivity contribution in [3.8, 4) is 0 Å². The maximum absolute atomic E-state index is 13.1. The molecule has 0 unspecified atom stereocenters. The van der Waals surface area contributed by atoms with Gasteiger partial charge in [0.15, 0.2) is 0 Å². The summed E-state index contributed by atoms with van der Waals surface area (Å²) in [6.45, 7) is 1.74. The summed E-state index contributed by atoms with van der Waals surface area (Å²) in [7, 11) is -4.31. The molecule has 0 spiro atoms. The summed E-state index contributed by atoms with van der Waals surface area (Å²) in [4.78, 5) is 34.1. The number of anilines is 1. The number of sulfonamides is 1. The Bertz CT molecular complexity index is 1210. The molecule has 10 heteroatoms. The molecule has 0 aliphatic heterocycles. The Morgan fingerprint density at radius 1 is 1.14 bits per heavy atom. The van der Waals surface area contributed by atoms with Crippen LogP contribution in [0.1, 0.15) is 30.1 Å². The molecule has 0 aliphatic carbocycles. The second kappa shape index (κ2) is 7.56. The molecule has 1 amide bonds. The van der Waals surface area contributed by atoms with Gasteiger partial charge in [0.25, 0.3) is 10.0 Å². The van der Waals surface area contributed by atoms with Gasteiger partial charge in [-0.2, -0.15) is 0 Å². The number of carboxylic acid groups (broad SMARTS) is 1. The normalized spacial score (nSPS) is 11.5. The van der Waals surface area contributed by atoms with Gasteiger partial charge in [0.2, 0.25) is 5.91 Å². The molecule has 0 fully saturated rings. The highest BCUT2D eigenvalue weighted by Gasteiger charge is 2.31. The fourth-order valence-corrected chi connectivity index (χ4v) is 4.73. The SMILES string of the molecule is CCCC(=O)N(c1ccc2oc(=O)sc2c1)S(=O)(=O)c1ccc(C(=O)[O-])cc1. The highest BCUT2D eigenvalue weighted by Crippen LogP contribution is 2.29. The van der Waals surface area contributed by atoms with Gasteiger partial charge in [-0.05, 0) is 42.3 Å². The van der Waals surface area contributed by atoms with E-state index >= 15 is 0 Å². The molecule has 2 aromatic carbocycles. The zero-order valence-electron chi connectivity index (χ0n) is 14.6. The summed E-state index contributed by atoms with van der Waals surface area (Å²) in [5, 5.41) is 10.9. The second-order valence-corrected chi connectivity index (χ2v) is 8.57. The number of benzene rings is 2. The predicted molar refractivity (Wildman–Crippen MR) is 101 cm³/mol. The second-order valence-electron chi connectivity index (χ2n) is 5.81. The van der Waals surface area contributed by atoms with E-state index in [1.54, 1.807) is 6.92 Å². The highest BCUT2D eigenvalue weighted by molar-refractivity contribution is 7.93. The van der Waals surface area contributed by atoms with Gasteiger partial charge in [0, 0.05) is 6.42 Å². The third-order valence-corrected chi connectivity index (χ3v) is 6.42. The highest BCUT2D eigenvalue weighted by atomic mass is 32.2. The van der Waals surface area contributed by atoms with Crippen molar-refractivity contribution in [3.63, 3.8) is 0 Å². The van der Waals surface area contributed by atoms with Gasteiger partial charge >= 0.3 is 4.94 Å². The molecule has 28 heavy (non-hydrogen) atoms. The number of nitrogens with zero attached hydrogens (tertiary/aromatic N) is 1. The van der Waals surface area contributed by atoms with Crippen molar-refractivity contribution in [3.05, 3.63) is 57.8 Å². The molecule has 0 aliphatic rings. The maximum Gasteiger partial charge on any atom is 0.396 e. The van der Waals surface area contributed by atoms with E-state index in [4.69, 9.17) is 4.42 Å². The van der Waals surface area contributed by atoms with Crippen molar-refractivity contribution in [2.75, 3.05) is 4.31 Å². The van der Waals surface area contributed by atoms with Crippen molar-refractivity contribution in [1.82, 2.24) is 0 Å². The predicted octanol–water partition coefficient (Wildman–Crippen LogP) is 1.74. The Morgan fingerprint density at radius 3 is 2.43 bits per heavy atom. The van der Waals surface area contributed by atoms with E-state index in [1.165, 1.54) is 18.2 Å². The van der Waals surface area contributed by atoms with E-state index in [0.717, 1.165) is 35.6 Å². The third-order valence-electron chi connectivity index (χ3n) is 3.87. The molecule has 3 rings (SSSR count). The molecule has 0 bridgehead atoms. The first-order valence-corrected chi connectivity index (χ1v) is 10.4. The van der Waals surface area contributed by atoms with Crippen LogP contribution < -0.4 is 14.4 Å². The minimum atomic E-state index is -4.31. The van der Waals surface area contributed by atoms with E-state index in [-0.39, 0.29) is 28.2 Å². The van der Waals surface area contributed by atoms with Crippen molar-refractivity contribution >= 4 is 49.2 Å². The Hall–Kier alpha value is -2.98.